The zero-order chi connectivity index (χ0) is 16.8. The van der Waals surface area contributed by atoms with Crippen molar-refractivity contribution in [1.29, 1.82) is 0 Å². The van der Waals surface area contributed by atoms with Crippen LogP contribution in [0.3, 0.4) is 0 Å². The molecule has 0 aliphatic rings. The highest BCUT2D eigenvalue weighted by atomic mass is 79.9. The van der Waals surface area contributed by atoms with E-state index in [0.717, 1.165) is 27.2 Å². The number of benzene rings is 2. The highest BCUT2D eigenvalue weighted by molar-refractivity contribution is 9.10. The quantitative estimate of drug-likeness (QED) is 0.573. The van der Waals surface area contributed by atoms with Crippen LogP contribution in [0, 0.1) is 0 Å². The van der Waals surface area contributed by atoms with E-state index >= 15 is 0 Å². The van der Waals surface area contributed by atoms with Crippen molar-refractivity contribution < 1.29 is 0 Å². The molecule has 2 aromatic carbocycles. The molecular formula is C19H17BrN4. The fourth-order valence-electron chi connectivity index (χ4n) is 2.19. The Kier molecular flexibility index (Phi) is 5.23. The molecule has 0 saturated heterocycles. The number of anilines is 3. The first-order valence-electron chi connectivity index (χ1n) is 7.56. The fourth-order valence-corrected chi connectivity index (χ4v) is 2.46. The lowest BCUT2D eigenvalue weighted by atomic mass is 10.1. The maximum absolute atomic E-state index is 4.58. The van der Waals surface area contributed by atoms with E-state index in [1.807, 2.05) is 60.7 Å². The van der Waals surface area contributed by atoms with Crippen LogP contribution < -0.4 is 10.6 Å². The molecule has 2 N–H and O–H groups in total. The van der Waals surface area contributed by atoms with Gasteiger partial charge in [-0.25, -0.2) is 4.98 Å². The normalized spacial score (nSPS) is 10.2. The van der Waals surface area contributed by atoms with Crippen molar-refractivity contribution in [2.75, 3.05) is 17.2 Å². The molecule has 1 aromatic heterocycles. The van der Waals surface area contributed by atoms with Crippen LogP contribution in [0.15, 0.2) is 77.8 Å². The van der Waals surface area contributed by atoms with Crippen molar-refractivity contribution in [1.82, 2.24) is 9.97 Å². The van der Waals surface area contributed by atoms with Crippen LogP contribution in [0.2, 0.25) is 0 Å². The maximum Gasteiger partial charge on any atom is 0.225 e. The van der Waals surface area contributed by atoms with Gasteiger partial charge < -0.3 is 10.6 Å². The smallest absolute Gasteiger partial charge is 0.225 e. The summed E-state index contributed by atoms with van der Waals surface area (Å²) in [5.74, 6) is 1.30. The fraction of sp³-hybridized carbons (Fsp3) is 0.0526. The summed E-state index contributed by atoms with van der Waals surface area (Å²) >= 11 is 3.44. The number of aromatic nitrogens is 2. The summed E-state index contributed by atoms with van der Waals surface area (Å²) in [7, 11) is 0. The van der Waals surface area contributed by atoms with E-state index < -0.39 is 0 Å². The predicted molar refractivity (Wildman–Crippen MR) is 104 cm³/mol. The third-order valence-electron chi connectivity index (χ3n) is 3.32. The molecule has 0 aliphatic heterocycles. The summed E-state index contributed by atoms with van der Waals surface area (Å²) in [6, 6.07) is 19.9. The van der Waals surface area contributed by atoms with Gasteiger partial charge in [0.1, 0.15) is 5.82 Å². The van der Waals surface area contributed by atoms with E-state index in [-0.39, 0.29) is 0 Å². The average molecular weight is 381 g/mol. The summed E-state index contributed by atoms with van der Waals surface area (Å²) in [4.78, 5) is 9.10. The molecule has 5 heteroatoms. The van der Waals surface area contributed by atoms with Gasteiger partial charge >= 0.3 is 0 Å². The van der Waals surface area contributed by atoms with Gasteiger partial charge in [0.05, 0.1) is 5.69 Å². The van der Waals surface area contributed by atoms with Crippen LogP contribution in [-0.4, -0.2) is 16.5 Å². The van der Waals surface area contributed by atoms with Crippen molar-refractivity contribution in [2.24, 2.45) is 0 Å². The van der Waals surface area contributed by atoms with Gasteiger partial charge in [-0.15, -0.1) is 6.58 Å². The molecule has 0 unspecified atom stereocenters. The van der Waals surface area contributed by atoms with Gasteiger partial charge in [0.15, 0.2) is 0 Å². The van der Waals surface area contributed by atoms with Crippen LogP contribution in [0.1, 0.15) is 0 Å². The summed E-state index contributed by atoms with van der Waals surface area (Å²) < 4.78 is 1.04. The number of nitrogens with zero attached hydrogens (tertiary/aromatic N) is 2. The second-order valence-electron chi connectivity index (χ2n) is 5.13. The third kappa shape index (κ3) is 4.20. The Morgan fingerprint density at radius 1 is 1.00 bits per heavy atom. The van der Waals surface area contributed by atoms with Crippen LogP contribution >= 0.6 is 15.9 Å². The Balaban J connectivity index is 1.94. The Bertz CT molecular complexity index is 817. The Morgan fingerprint density at radius 3 is 2.46 bits per heavy atom. The first kappa shape index (κ1) is 16.2. The maximum atomic E-state index is 4.58. The van der Waals surface area contributed by atoms with Gasteiger partial charge in [-0.2, -0.15) is 4.98 Å². The largest absolute Gasteiger partial charge is 0.351 e. The van der Waals surface area contributed by atoms with Crippen LogP contribution in [0.5, 0.6) is 0 Å². The molecule has 1 heterocycles. The summed E-state index contributed by atoms with van der Waals surface area (Å²) in [5.41, 5.74) is 2.86. The molecule has 0 bridgehead atoms. The van der Waals surface area contributed by atoms with E-state index in [1.54, 1.807) is 6.08 Å². The highest BCUT2D eigenvalue weighted by Gasteiger charge is 2.07. The standard InChI is InChI=1S/C19H17BrN4/c1-2-12-21-19-23-17(14-6-4-3-5-7-14)13-18(24-19)22-16-10-8-15(20)9-11-16/h2-11,13H,1,12H2,(H2,21,22,23,24). The first-order valence-corrected chi connectivity index (χ1v) is 8.36. The van der Waals surface area contributed by atoms with Gasteiger partial charge in [0.2, 0.25) is 5.95 Å². The summed E-state index contributed by atoms with van der Waals surface area (Å²) in [6.07, 6.45) is 1.78. The number of nitrogens with one attached hydrogen (secondary N) is 2. The Labute approximate surface area is 149 Å². The summed E-state index contributed by atoms with van der Waals surface area (Å²) in [5, 5.41) is 6.47. The third-order valence-corrected chi connectivity index (χ3v) is 3.85. The van der Waals surface area contributed by atoms with E-state index in [9.17, 15) is 0 Å². The zero-order valence-corrected chi connectivity index (χ0v) is 14.6. The molecule has 3 aromatic rings. The molecule has 0 aliphatic carbocycles. The van der Waals surface area contributed by atoms with E-state index in [0.29, 0.717) is 12.5 Å². The summed E-state index contributed by atoms with van der Waals surface area (Å²) in [6.45, 7) is 4.32. The molecule has 0 atom stereocenters. The molecule has 0 amide bonds. The molecule has 4 nitrogen and oxygen atoms in total. The molecule has 24 heavy (non-hydrogen) atoms. The minimum absolute atomic E-state index is 0.566. The topological polar surface area (TPSA) is 49.8 Å². The lowest BCUT2D eigenvalue weighted by molar-refractivity contribution is 1.12. The van der Waals surface area contributed by atoms with Crippen LogP contribution in [0.25, 0.3) is 11.3 Å². The number of hydrogen-bond donors (Lipinski definition) is 2. The number of hydrogen-bond acceptors (Lipinski definition) is 4. The molecule has 0 saturated carbocycles. The van der Waals surface area contributed by atoms with Crippen molar-refractivity contribution in [3.8, 4) is 11.3 Å². The first-order chi connectivity index (χ1) is 11.7. The molecular weight excluding hydrogens is 364 g/mol. The molecule has 3 rings (SSSR count). The van der Waals surface area contributed by atoms with Gasteiger partial charge in [-0.1, -0.05) is 52.3 Å². The van der Waals surface area contributed by atoms with Gasteiger partial charge in [-0.3, -0.25) is 0 Å². The van der Waals surface area contributed by atoms with E-state index in [4.69, 9.17) is 0 Å². The van der Waals surface area contributed by atoms with Crippen molar-refractivity contribution in [2.45, 2.75) is 0 Å². The predicted octanol–water partition coefficient (Wildman–Crippen LogP) is 5.25. The Hall–Kier alpha value is -2.66. The number of halogens is 1. The van der Waals surface area contributed by atoms with Crippen LogP contribution in [-0.2, 0) is 0 Å². The lowest BCUT2D eigenvalue weighted by Gasteiger charge is -2.11. The minimum atomic E-state index is 0.566. The molecule has 0 fully saturated rings. The van der Waals surface area contributed by atoms with Crippen molar-refractivity contribution in [3.05, 3.63) is 77.8 Å². The monoisotopic (exact) mass is 380 g/mol. The molecule has 0 radical (unpaired) electrons. The van der Waals surface area contributed by atoms with Gasteiger partial charge in [-0.05, 0) is 24.3 Å². The minimum Gasteiger partial charge on any atom is -0.351 e. The van der Waals surface area contributed by atoms with Crippen LogP contribution in [0.4, 0.5) is 17.5 Å². The van der Waals surface area contributed by atoms with Crippen molar-refractivity contribution >= 4 is 33.4 Å². The van der Waals surface area contributed by atoms with E-state index in [2.05, 4.69) is 43.1 Å². The number of rotatable bonds is 6. The highest BCUT2D eigenvalue weighted by Crippen LogP contribution is 2.24. The average Bonchev–Trinajstić information content (AvgIpc) is 2.62. The van der Waals surface area contributed by atoms with E-state index in [1.165, 1.54) is 0 Å². The zero-order valence-electron chi connectivity index (χ0n) is 13.0. The second kappa shape index (κ2) is 7.75. The lowest BCUT2D eigenvalue weighted by Crippen LogP contribution is -2.06. The SMILES string of the molecule is C=CCNc1nc(Nc2ccc(Br)cc2)cc(-c2ccccc2)n1. The van der Waals surface area contributed by atoms with Gasteiger partial charge in [0, 0.05) is 28.3 Å². The van der Waals surface area contributed by atoms with Gasteiger partial charge in [0.25, 0.3) is 0 Å². The Morgan fingerprint density at radius 2 is 1.75 bits per heavy atom. The molecule has 0 spiro atoms. The van der Waals surface area contributed by atoms with Crippen molar-refractivity contribution in [3.63, 3.8) is 0 Å². The second-order valence-corrected chi connectivity index (χ2v) is 6.05. The molecule has 120 valence electrons.